The van der Waals surface area contributed by atoms with Crippen molar-refractivity contribution in [1.82, 2.24) is 25.2 Å². The third-order valence-electron chi connectivity index (χ3n) is 8.23. The molecule has 0 saturated carbocycles. The number of piperazine rings is 1. The molecule has 0 spiro atoms. The molecule has 0 aliphatic carbocycles. The number of ether oxygens (including phenoxy) is 2. The second-order valence-corrected chi connectivity index (χ2v) is 11.1. The van der Waals surface area contributed by atoms with Crippen molar-refractivity contribution < 1.29 is 13.9 Å². The van der Waals surface area contributed by atoms with Crippen molar-refractivity contribution in [2.24, 2.45) is 0 Å². The first-order chi connectivity index (χ1) is 19.0. The van der Waals surface area contributed by atoms with Gasteiger partial charge in [-0.05, 0) is 49.9 Å². The highest BCUT2D eigenvalue weighted by molar-refractivity contribution is 6.35. The van der Waals surface area contributed by atoms with Gasteiger partial charge in [0, 0.05) is 78.1 Å². The van der Waals surface area contributed by atoms with Crippen molar-refractivity contribution in [3.05, 3.63) is 53.3 Å². The van der Waals surface area contributed by atoms with Crippen LogP contribution >= 0.6 is 11.6 Å². The Kier molecular flexibility index (Phi) is 6.01. The van der Waals surface area contributed by atoms with Crippen LogP contribution in [0.3, 0.4) is 0 Å². The molecule has 3 saturated heterocycles. The number of aromatic nitrogens is 3. The van der Waals surface area contributed by atoms with Crippen LogP contribution in [0.5, 0.6) is 11.8 Å². The van der Waals surface area contributed by atoms with E-state index in [-0.39, 0.29) is 17.1 Å². The highest BCUT2D eigenvalue weighted by Crippen LogP contribution is 2.42. The summed E-state index contributed by atoms with van der Waals surface area (Å²) in [5.74, 6) is 0.831. The number of benzene rings is 2. The molecule has 3 aliphatic heterocycles. The van der Waals surface area contributed by atoms with E-state index >= 15 is 4.39 Å². The maximum absolute atomic E-state index is 16.6. The first-order valence-corrected chi connectivity index (χ1v) is 13.8. The summed E-state index contributed by atoms with van der Waals surface area (Å²) in [5, 5.41) is 5.35. The molecule has 3 aliphatic rings. The molecule has 2 bridgehead atoms. The molecule has 7 rings (SSSR count). The molecule has 3 fully saturated rings. The molecule has 2 atom stereocenters. The van der Waals surface area contributed by atoms with Gasteiger partial charge in [0.1, 0.15) is 23.3 Å². The van der Waals surface area contributed by atoms with E-state index in [9.17, 15) is 0 Å². The normalized spacial score (nSPS) is 22.0. The lowest BCUT2D eigenvalue weighted by atomic mass is 10.0. The lowest BCUT2D eigenvalue weighted by molar-refractivity contribution is 0.401. The largest absolute Gasteiger partial charge is 0.497 e. The summed E-state index contributed by atoms with van der Waals surface area (Å²) >= 11 is 6.84. The number of likely N-dealkylation sites (tertiary alicyclic amines) is 1. The number of rotatable bonds is 5. The number of methoxy groups -OCH3 is 1. The van der Waals surface area contributed by atoms with Crippen LogP contribution in [0.1, 0.15) is 25.7 Å². The molecule has 0 radical (unpaired) electrons. The van der Waals surface area contributed by atoms with E-state index in [0.29, 0.717) is 39.6 Å². The lowest BCUT2D eigenvalue weighted by Crippen LogP contribution is -2.51. The average Bonchev–Trinajstić information content (AvgIpc) is 3.65. The molecule has 5 heterocycles. The van der Waals surface area contributed by atoms with Crippen LogP contribution in [-0.2, 0) is 0 Å². The number of H-pyrrole nitrogens is 1. The zero-order valence-electron chi connectivity index (χ0n) is 21.9. The number of nitrogens with one attached hydrogen (secondary N) is 2. The number of allylic oxidation sites excluding steroid dienone is 1. The Balaban J connectivity index is 1.40. The minimum atomic E-state index is -0.501. The number of fused-ring (bicyclic) bond motifs is 4. The summed E-state index contributed by atoms with van der Waals surface area (Å²) in [5.41, 5.74) is 3.05. The number of aromatic amines is 1. The van der Waals surface area contributed by atoms with E-state index in [2.05, 4.69) is 25.1 Å². The van der Waals surface area contributed by atoms with Gasteiger partial charge in [-0.3, -0.25) is 0 Å². The third-order valence-corrected chi connectivity index (χ3v) is 8.53. The Morgan fingerprint density at radius 3 is 2.69 bits per heavy atom. The summed E-state index contributed by atoms with van der Waals surface area (Å²) in [6.07, 6.45) is 7.71. The maximum Gasteiger partial charge on any atom is 0.324 e. The van der Waals surface area contributed by atoms with Crippen molar-refractivity contribution >= 4 is 39.2 Å². The van der Waals surface area contributed by atoms with Crippen molar-refractivity contribution in [2.75, 3.05) is 38.7 Å². The Morgan fingerprint density at radius 2 is 1.95 bits per heavy atom. The molecule has 0 amide bonds. The molecule has 10 heteroatoms. The van der Waals surface area contributed by atoms with Crippen molar-refractivity contribution in [3.63, 3.8) is 0 Å². The first-order valence-electron chi connectivity index (χ1n) is 13.4. The average molecular weight is 549 g/mol. The first kappa shape index (κ1) is 24.5. The standard InChI is InChI=1S/C29H30ClFN6O2/c1-36-9-3-4-18(36)15-39-29-34-27-21(28(35-29)37-13-16-5-6-17(14-37)33-16)11-23(30)25(26(27)31)22-12-32-24-8-7-19(38-2)10-20(22)24/h7-8,10-12,15-17,32-33H,3-6,9,13-14H2,1-2H3/b18-15+. The minimum absolute atomic E-state index is 0.129. The molecule has 39 heavy (non-hydrogen) atoms. The van der Waals surface area contributed by atoms with Crippen molar-refractivity contribution in [1.29, 1.82) is 0 Å². The van der Waals surface area contributed by atoms with Crippen LogP contribution in [0.15, 0.2) is 42.4 Å². The third kappa shape index (κ3) is 4.24. The number of anilines is 1. The van der Waals surface area contributed by atoms with Gasteiger partial charge in [-0.2, -0.15) is 9.97 Å². The van der Waals surface area contributed by atoms with E-state index in [4.69, 9.17) is 26.1 Å². The molecular formula is C29H30ClFN6O2. The molecule has 202 valence electrons. The predicted octanol–water partition coefficient (Wildman–Crippen LogP) is 5.47. The van der Waals surface area contributed by atoms with Gasteiger partial charge in [0.2, 0.25) is 0 Å². The van der Waals surface area contributed by atoms with E-state index in [1.165, 1.54) is 0 Å². The van der Waals surface area contributed by atoms with Crippen LogP contribution in [0.25, 0.3) is 32.9 Å². The van der Waals surface area contributed by atoms with Gasteiger partial charge >= 0.3 is 6.01 Å². The summed E-state index contributed by atoms with van der Waals surface area (Å²) in [6.45, 7) is 2.55. The molecule has 2 aromatic heterocycles. The number of nitrogens with zero attached hydrogens (tertiary/aromatic N) is 4. The van der Waals surface area contributed by atoms with Gasteiger partial charge in [-0.25, -0.2) is 4.39 Å². The highest BCUT2D eigenvalue weighted by atomic mass is 35.5. The van der Waals surface area contributed by atoms with Gasteiger partial charge in [-0.1, -0.05) is 11.6 Å². The van der Waals surface area contributed by atoms with Gasteiger partial charge in [0.25, 0.3) is 0 Å². The molecule has 4 aromatic rings. The monoisotopic (exact) mass is 548 g/mol. The summed E-state index contributed by atoms with van der Waals surface area (Å²) < 4.78 is 28.0. The van der Waals surface area contributed by atoms with Crippen LogP contribution in [0.2, 0.25) is 5.02 Å². The Labute approximate surface area is 230 Å². The Morgan fingerprint density at radius 1 is 1.13 bits per heavy atom. The smallest absolute Gasteiger partial charge is 0.324 e. The van der Waals surface area contributed by atoms with Crippen molar-refractivity contribution in [2.45, 2.75) is 37.8 Å². The quantitative estimate of drug-likeness (QED) is 0.320. The molecule has 2 aromatic carbocycles. The zero-order valence-corrected chi connectivity index (χ0v) is 22.7. The van der Waals surface area contributed by atoms with Crippen LogP contribution < -0.4 is 19.7 Å². The summed E-state index contributed by atoms with van der Waals surface area (Å²) in [6, 6.07) is 8.33. The fourth-order valence-corrected chi connectivity index (χ4v) is 6.50. The van der Waals surface area contributed by atoms with Crippen LogP contribution in [-0.4, -0.2) is 65.7 Å². The Hall–Kier alpha value is -3.56. The number of halogens is 2. The number of hydrogen-bond donors (Lipinski definition) is 2. The van der Waals surface area contributed by atoms with Gasteiger partial charge in [0.15, 0.2) is 5.82 Å². The van der Waals surface area contributed by atoms with Crippen LogP contribution in [0.4, 0.5) is 10.2 Å². The highest BCUT2D eigenvalue weighted by Gasteiger charge is 2.34. The molecule has 2 N–H and O–H groups in total. The second-order valence-electron chi connectivity index (χ2n) is 10.7. The van der Waals surface area contributed by atoms with Gasteiger partial charge < -0.3 is 29.6 Å². The fourth-order valence-electron chi connectivity index (χ4n) is 6.21. The van der Waals surface area contributed by atoms with E-state index in [1.54, 1.807) is 25.6 Å². The Bertz CT molecular complexity index is 1610. The van der Waals surface area contributed by atoms with Gasteiger partial charge in [0.05, 0.1) is 12.1 Å². The van der Waals surface area contributed by atoms with E-state index < -0.39 is 5.82 Å². The maximum atomic E-state index is 16.6. The van der Waals surface area contributed by atoms with E-state index in [1.807, 2.05) is 25.2 Å². The number of hydrogen-bond acceptors (Lipinski definition) is 7. The molecule has 2 unspecified atom stereocenters. The zero-order chi connectivity index (χ0) is 26.7. The van der Waals surface area contributed by atoms with Gasteiger partial charge in [-0.15, -0.1) is 0 Å². The van der Waals surface area contributed by atoms with E-state index in [0.717, 1.165) is 61.9 Å². The van der Waals surface area contributed by atoms with Crippen molar-refractivity contribution in [3.8, 4) is 22.9 Å². The second kappa shape index (κ2) is 9.57. The summed E-state index contributed by atoms with van der Waals surface area (Å²) in [7, 11) is 3.65. The summed E-state index contributed by atoms with van der Waals surface area (Å²) in [4.78, 5) is 17.0. The molecule has 8 nitrogen and oxygen atoms in total. The lowest BCUT2D eigenvalue weighted by Gasteiger charge is -2.34. The fraction of sp³-hybridized carbons (Fsp3) is 0.379. The SMILES string of the molecule is COc1ccc2[nH]cc(-c3c(Cl)cc4c(N5CC6CCC(C5)N6)nc(O/C=C5\CCCN5C)nc4c3F)c2c1. The van der Waals surface area contributed by atoms with Crippen LogP contribution in [0, 0.1) is 5.82 Å². The molecular weight excluding hydrogens is 519 g/mol. The predicted molar refractivity (Wildman–Crippen MR) is 151 cm³/mol. The minimum Gasteiger partial charge on any atom is -0.497 e. The topological polar surface area (TPSA) is 78.5 Å².